The van der Waals surface area contributed by atoms with Crippen LogP contribution in [0.2, 0.25) is 0 Å². The van der Waals surface area contributed by atoms with Gasteiger partial charge >= 0.3 is 0 Å². The van der Waals surface area contributed by atoms with Crippen molar-refractivity contribution in [3.8, 4) is 11.1 Å². The lowest BCUT2D eigenvalue weighted by molar-refractivity contribution is 0.398. The predicted molar refractivity (Wildman–Crippen MR) is 178 cm³/mol. The van der Waals surface area contributed by atoms with E-state index in [2.05, 4.69) is 171 Å². The van der Waals surface area contributed by atoms with Crippen LogP contribution in [0.4, 0.5) is 5.69 Å². The molecular weight excluding hydrogens is 494 g/mol. The minimum absolute atomic E-state index is 0.192. The average molecular weight is 532 g/mol. The van der Waals surface area contributed by atoms with Gasteiger partial charge in [-0.1, -0.05) is 146 Å². The maximum atomic E-state index is 3.89. The van der Waals surface area contributed by atoms with Gasteiger partial charge in [0, 0.05) is 5.69 Å². The standard InChI is InChI=1S/C40H37N/c1-4-31-15-17-34(18-16-31)35-19-21-38(22-20-35)41(39(2)27-23-36(24-28-39)32-11-7-5-8-12-32)40(3)29-25-37(26-30-40)33-13-9-6-10-14-33/h4-27,29H,1,28,30H2,2-3H3. The van der Waals surface area contributed by atoms with Gasteiger partial charge in [-0.2, -0.15) is 0 Å². The van der Waals surface area contributed by atoms with Crippen LogP contribution in [0.25, 0.3) is 28.3 Å². The molecule has 0 bridgehead atoms. The minimum Gasteiger partial charge on any atom is -0.353 e. The topological polar surface area (TPSA) is 3.24 Å². The Balaban J connectivity index is 1.35. The lowest BCUT2D eigenvalue weighted by Gasteiger charge is -2.52. The highest BCUT2D eigenvalue weighted by atomic mass is 15.3. The Labute approximate surface area is 245 Å². The van der Waals surface area contributed by atoms with Crippen LogP contribution in [0, 0.1) is 0 Å². The van der Waals surface area contributed by atoms with E-state index in [1.54, 1.807) is 0 Å². The number of hydrogen-bond donors (Lipinski definition) is 0. The third-order valence-electron chi connectivity index (χ3n) is 8.56. The second-order valence-corrected chi connectivity index (χ2v) is 11.5. The Bertz CT molecular complexity index is 1560. The maximum absolute atomic E-state index is 3.89. The molecule has 1 heteroatoms. The molecule has 2 aliphatic rings. The molecule has 41 heavy (non-hydrogen) atoms. The Morgan fingerprint density at radius 3 is 1.39 bits per heavy atom. The molecule has 2 aliphatic carbocycles. The third-order valence-corrected chi connectivity index (χ3v) is 8.56. The van der Waals surface area contributed by atoms with Crippen LogP contribution >= 0.6 is 0 Å². The molecule has 4 aromatic rings. The number of anilines is 1. The van der Waals surface area contributed by atoms with Crippen molar-refractivity contribution in [1.82, 2.24) is 0 Å². The molecule has 0 aromatic heterocycles. The van der Waals surface area contributed by atoms with Crippen LogP contribution in [-0.4, -0.2) is 11.1 Å². The molecule has 2 unspecified atom stereocenters. The molecule has 0 spiro atoms. The summed E-state index contributed by atoms with van der Waals surface area (Å²) < 4.78 is 0. The van der Waals surface area contributed by atoms with E-state index < -0.39 is 0 Å². The molecule has 202 valence electrons. The summed E-state index contributed by atoms with van der Waals surface area (Å²) >= 11 is 0. The highest BCUT2D eigenvalue weighted by Gasteiger charge is 2.41. The molecule has 0 aliphatic heterocycles. The Hall–Kier alpha value is -4.62. The molecular formula is C40H37N. The van der Waals surface area contributed by atoms with Crippen LogP contribution in [0.3, 0.4) is 0 Å². The second-order valence-electron chi connectivity index (χ2n) is 11.5. The first-order valence-corrected chi connectivity index (χ1v) is 14.5. The predicted octanol–water partition coefficient (Wildman–Crippen LogP) is 10.4. The summed E-state index contributed by atoms with van der Waals surface area (Å²) in [6.07, 6.45) is 18.0. The van der Waals surface area contributed by atoms with E-state index in [-0.39, 0.29) is 11.1 Å². The normalized spacial score (nSPS) is 21.6. The van der Waals surface area contributed by atoms with Crippen LogP contribution in [0.1, 0.15) is 43.4 Å². The Kier molecular flexibility index (Phi) is 7.20. The summed E-state index contributed by atoms with van der Waals surface area (Å²) in [6.45, 7) is 8.63. The van der Waals surface area contributed by atoms with Gasteiger partial charge in [0.05, 0.1) is 11.1 Å². The molecule has 2 atom stereocenters. The fraction of sp³-hybridized carbons (Fsp3) is 0.150. The quantitative estimate of drug-likeness (QED) is 0.229. The first-order chi connectivity index (χ1) is 20.0. The SMILES string of the molecule is C=Cc1ccc(-c2ccc(N(C3(C)C=CC(c4ccccc4)=CC3)C3(C)C=CC(c4ccccc4)=CC3)cc2)cc1. The van der Waals surface area contributed by atoms with Crippen LogP contribution in [-0.2, 0) is 0 Å². The molecule has 0 radical (unpaired) electrons. The van der Waals surface area contributed by atoms with Crippen molar-refractivity contribution in [3.05, 3.63) is 169 Å². The lowest BCUT2D eigenvalue weighted by Crippen LogP contribution is -2.57. The summed E-state index contributed by atoms with van der Waals surface area (Å²) in [4.78, 5) is 2.63. The second kappa shape index (κ2) is 11.1. The van der Waals surface area contributed by atoms with Crippen molar-refractivity contribution in [2.24, 2.45) is 0 Å². The third kappa shape index (κ3) is 5.41. The Morgan fingerprint density at radius 2 is 1.00 bits per heavy atom. The van der Waals surface area contributed by atoms with Gasteiger partial charge in [0.1, 0.15) is 0 Å². The number of rotatable bonds is 7. The molecule has 0 fully saturated rings. The van der Waals surface area contributed by atoms with E-state index in [4.69, 9.17) is 0 Å². The minimum atomic E-state index is -0.192. The van der Waals surface area contributed by atoms with Crippen molar-refractivity contribution in [2.75, 3.05) is 4.90 Å². The van der Waals surface area contributed by atoms with E-state index >= 15 is 0 Å². The van der Waals surface area contributed by atoms with Gasteiger partial charge in [-0.15, -0.1) is 0 Å². The van der Waals surface area contributed by atoms with Crippen LogP contribution < -0.4 is 4.90 Å². The number of nitrogens with zero attached hydrogens (tertiary/aromatic N) is 1. The smallest absolute Gasteiger partial charge is 0.0603 e. The molecule has 6 rings (SSSR count). The summed E-state index contributed by atoms with van der Waals surface area (Å²) in [5, 5.41) is 0. The zero-order chi connectivity index (χ0) is 28.3. The van der Waals surface area contributed by atoms with Gasteiger partial charge in [0.15, 0.2) is 0 Å². The summed E-state index contributed by atoms with van der Waals surface area (Å²) in [5.41, 5.74) is 9.52. The Morgan fingerprint density at radius 1 is 0.561 bits per heavy atom. The zero-order valence-corrected chi connectivity index (χ0v) is 24.0. The largest absolute Gasteiger partial charge is 0.353 e. The lowest BCUT2D eigenvalue weighted by atomic mass is 9.79. The molecule has 0 saturated carbocycles. The van der Waals surface area contributed by atoms with Crippen molar-refractivity contribution in [3.63, 3.8) is 0 Å². The van der Waals surface area contributed by atoms with Crippen molar-refractivity contribution in [2.45, 2.75) is 37.8 Å². The van der Waals surface area contributed by atoms with Crippen molar-refractivity contribution >= 4 is 22.9 Å². The van der Waals surface area contributed by atoms with Gasteiger partial charge in [0.2, 0.25) is 0 Å². The van der Waals surface area contributed by atoms with Crippen LogP contribution in [0.5, 0.6) is 0 Å². The summed E-state index contributed by atoms with van der Waals surface area (Å²) in [6, 6.07) is 39.1. The highest BCUT2D eigenvalue weighted by Crippen LogP contribution is 2.43. The van der Waals surface area contributed by atoms with Gasteiger partial charge in [-0.05, 0) is 77.8 Å². The number of benzene rings is 4. The summed E-state index contributed by atoms with van der Waals surface area (Å²) in [7, 11) is 0. The van der Waals surface area contributed by atoms with Gasteiger partial charge in [-0.3, -0.25) is 0 Å². The van der Waals surface area contributed by atoms with Crippen molar-refractivity contribution < 1.29 is 0 Å². The van der Waals surface area contributed by atoms with Gasteiger partial charge in [0.25, 0.3) is 0 Å². The summed E-state index contributed by atoms with van der Waals surface area (Å²) in [5.74, 6) is 0. The number of allylic oxidation sites excluding steroid dienone is 4. The first kappa shape index (κ1) is 26.6. The average Bonchev–Trinajstić information content (AvgIpc) is 3.03. The molecule has 4 aromatic carbocycles. The molecule has 0 heterocycles. The van der Waals surface area contributed by atoms with E-state index in [0.717, 1.165) is 18.4 Å². The number of hydrogen-bond acceptors (Lipinski definition) is 1. The van der Waals surface area contributed by atoms with E-state index in [1.807, 2.05) is 6.08 Å². The maximum Gasteiger partial charge on any atom is 0.0603 e. The first-order valence-electron chi connectivity index (χ1n) is 14.5. The fourth-order valence-electron chi connectivity index (χ4n) is 6.25. The monoisotopic (exact) mass is 531 g/mol. The molecule has 0 N–H and O–H groups in total. The van der Waals surface area contributed by atoms with Crippen molar-refractivity contribution in [1.29, 1.82) is 0 Å². The molecule has 0 saturated heterocycles. The van der Waals surface area contributed by atoms with E-state index in [0.29, 0.717) is 0 Å². The zero-order valence-electron chi connectivity index (χ0n) is 24.0. The van der Waals surface area contributed by atoms with Crippen LogP contribution in [0.15, 0.2) is 152 Å². The van der Waals surface area contributed by atoms with Gasteiger partial charge < -0.3 is 4.90 Å². The van der Waals surface area contributed by atoms with Gasteiger partial charge in [-0.25, -0.2) is 0 Å². The molecule has 0 amide bonds. The fourth-order valence-corrected chi connectivity index (χ4v) is 6.25. The highest BCUT2D eigenvalue weighted by molar-refractivity contribution is 5.78. The van der Waals surface area contributed by atoms with E-state index in [1.165, 1.54) is 39.1 Å². The van der Waals surface area contributed by atoms with E-state index in [9.17, 15) is 0 Å². The molecule has 1 nitrogen and oxygen atoms in total.